The lowest BCUT2D eigenvalue weighted by Crippen LogP contribution is -2.35. The van der Waals surface area contributed by atoms with Crippen molar-refractivity contribution in [2.45, 2.75) is 45.8 Å². The first-order valence-electron chi connectivity index (χ1n) is 6.24. The normalized spacial score (nSPS) is 13.7. The second-order valence-electron chi connectivity index (χ2n) is 5.64. The Morgan fingerprint density at radius 2 is 2.17 bits per heavy atom. The number of nitrogens with one attached hydrogen (secondary N) is 1. The van der Waals surface area contributed by atoms with Crippen LogP contribution in [-0.2, 0) is 11.3 Å². The molecule has 5 heteroatoms. The van der Waals surface area contributed by atoms with Crippen molar-refractivity contribution in [3.8, 4) is 0 Å². The highest BCUT2D eigenvalue weighted by molar-refractivity contribution is 7.13. The summed E-state index contributed by atoms with van der Waals surface area (Å²) in [5.74, 6) is 0. The molecule has 104 valence electrons. The van der Waals surface area contributed by atoms with Gasteiger partial charge in [-0.3, -0.25) is 0 Å². The topological polar surface area (TPSA) is 37.4 Å². The van der Waals surface area contributed by atoms with E-state index in [0.29, 0.717) is 12.6 Å². The van der Waals surface area contributed by atoms with Crippen LogP contribution in [0.5, 0.6) is 0 Å². The van der Waals surface area contributed by atoms with E-state index in [9.17, 15) is 0 Å². The Morgan fingerprint density at radius 1 is 1.50 bits per heavy atom. The molecule has 18 heavy (non-hydrogen) atoms. The fraction of sp³-hybridized carbons (Fsp3) is 0.769. The Kier molecular flexibility index (Phi) is 5.56. The van der Waals surface area contributed by atoms with Gasteiger partial charge in [0.05, 0.1) is 18.3 Å². The van der Waals surface area contributed by atoms with Gasteiger partial charge < -0.3 is 15.0 Å². The van der Waals surface area contributed by atoms with Gasteiger partial charge in [0.2, 0.25) is 0 Å². The molecule has 0 radical (unpaired) electrons. The van der Waals surface area contributed by atoms with Crippen molar-refractivity contribution in [3.63, 3.8) is 0 Å². The minimum absolute atomic E-state index is 0.124. The van der Waals surface area contributed by atoms with Crippen molar-refractivity contribution >= 4 is 16.5 Å². The zero-order valence-electron chi connectivity index (χ0n) is 12.3. The highest BCUT2D eigenvalue weighted by Gasteiger charge is 2.14. The molecular weight excluding hydrogens is 246 g/mol. The molecule has 0 spiro atoms. The highest BCUT2D eigenvalue weighted by atomic mass is 32.1. The molecule has 1 rings (SSSR count). The average molecular weight is 271 g/mol. The van der Waals surface area contributed by atoms with Crippen molar-refractivity contribution in [1.82, 2.24) is 10.3 Å². The van der Waals surface area contributed by atoms with Crippen LogP contribution in [0.4, 0.5) is 5.13 Å². The minimum Gasteiger partial charge on any atom is -0.383 e. The highest BCUT2D eigenvalue weighted by Crippen LogP contribution is 2.21. The zero-order chi connectivity index (χ0) is 13.8. The maximum Gasteiger partial charge on any atom is 0.185 e. The second-order valence-corrected chi connectivity index (χ2v) is 6.48. The summed E-state index contributed by atoms with van der Waals surface area (Å²) in [5, 5.41) is 6.61. The molecule has 0 aliphatic rings. The van der Waals surface area contributed by atoms with Gasteiger partial charge in [0.25, 0.3) is 0 Å². The van der Waals surface area contributed by atoms with E-state index in [4.69, 9.17) is 4.74 Å². The predicted octanol–water partition coefficient (Wildman–Crippen LogP) is 2.50. The predicted molar refractivity (Wildman–Crippen MR) is 78.4 cm³/mol. The fourth-order valence-electron chi connectivity index (χ4n) is 1.44. The van der Waals surface area contributed by atoms with Crippen LogP contribution in [0.25, 0.3) is 0 Å². The van der Waals surface area contributed by atoms with Gasteiger partial charge in [-0.1, -0.05) is 0 Å². The summed E-state index contributed by atoms with van der Waals surface area (Å²) < 4.78 is 5.17. The van der Waals surface area contributed by atoms with Crippen LogP contribution in [0.1, 0.15) is 33.4 Å². The Hall–Kier alpha value is -0.650. The largest absolute Gasteiger partial charge is 0.383 e. The zero-order valence-corrected chi connectivity index (χ0v) is 13.1. The Balaban J connectivity index is 2.57. The summed E-state index contributed by atoms with van der Waals surface area (Å²) in [4.78, 5) is 6.80. The van der Waals surface area contributed by atoms with Gasteiger partial charge in [-0.15, -0.1) is 11.3 Å². The number of anilines is 1. The first kappa shape index (κ1) is 15.4. The maximum atomic E-state index is 5.17. The van der Waals surface area contributed by atoms with Crippen molar-refractivity contribution in [1.29, 1.82) is 0 Å². The number of thiazole rings is 1. The Bertz CT molecular complexity index is 359. The van der Waals surface area contributed by atoms with Crippen molar-refractivity contribution in [2.75, 3.05) is 25.7 Å². The van der Waals surface area contributed by atoms with Gasteiger partial charge in [0.15, 0.2) is 5.13 Å². The molecule has 4 nitrogen and oxygen atoms in total. The Morgan fingerprint density at radius 3 is 2.72 bits per heavy atom. The van der Waals surface area contributed by atoms with E-state index >= 15 is 0 Å². The summed E-state index contributed by atoms with van der Waals surface area (Å²) >= 11 is 1.68. The molecule has 0 aliphatic heterocycles. The molecule has 1 N–H and O–H groups in total. The summed E-state index contributed by atoms with van der Waals surface area (Å²) in [7, 11) is 3.79. The maximum absolute atomic E-state index is 5.17. The van der Waals surface area contributed by atoms with Crippen molar-refractivity contribution < 1.29 is 4.74 Å². The molecule has 0 bridgehead atoms. The molecule has 0 amide bonds. The van der Waals surface area contributed by atoms with E-state index in [1.54, 1.807) is 18.4 Å². The number of hydrogen-bond acceptors (Lipinski definition) is 5. The molecule has 1 unspecified atom stereocenters. The first-order valence-corrected chi connectivity index (χ1v) is 7.12. The van der Waals surface area contributed by atoms with E-state index < -0.39 is 0 Å². The number of ether oxygens (including phenoxy) is 1. The van der Waals surface area contributed by atoms with Crippen LogP contribution in [0, 0.1) is 0 Å². The standard InChI is InChI=1S/C13H25N3OS/c1-10(8-17-6)16(5)12-15-11(9-18-12)7-14-13(2,3)4/h9-10,14H,7-8H2,1-6H3. The number of nitrogens with zero attached hydrogens (tertiary/aromatic N) is 2. The molecule has 0 aliphatic carbocycles. The number of likely N-dealkylation sites (N-methyl/N-ethyl adjacent to an activating group) is 1. The van der Waals surface area contributed by atoms with E-state index in [-0.39, 0.29) is 5.54 Å². The summed E-state index contributed by atoms with van der Waals surface area (Å²) in [6, 6.07) is 0.338. The molecule has 0 saturated heterocycles. The van der Waals surface area contributed by atoms with Crippen molar-refractivity contribution in [2.24, 2.45) is 0 Å². The van der Waals surface area contributed by atoms with Crippen LogP contribution >= 0.6 is 11.3 Å². The van der Waals surface area contributed by atoms with Crippen LogP contribution in [-0.4, -0.2) is 37.3 Å². The van der Waals surface area contributed by atoms with E-state index in [1.807, 2.05) is 0 Å². The molecule has 0 fully saturated rings. The van der Waals surface area contributed by atoms with Crippen LogP contribution in [0.3, 0.4) is 0 Å². The van der Waals surface area contributed by atoms with Gasteiger partial charge in [-0.25, -0.2) is 4.98 Å². The number of methoxy groups -OCH3 is 1. The quantitative estimate of drug-likeness (QED) is 0.862. The molecule has 0 aromatic carbocycles. The SMILES string of the molecule is COCC(C)N(C)c1nc(CNC(C)(C)C)cs1. The number of aromatic nitrogens is 1. The molecular formula is C13H25N3OS. The third-order valence-corrected chi connectivity index (χ3v) is 3.69. The molecule has 1 atom stereocenters. The van der Waals surface area contributed by atoms with E-state index in [2.05, 4.69) is 55.3 Å². The van der Waals surface area contributed by atoms with Gasteiger partial charge in [0, 0.05) is 31.6 Å². The van der Waals surface area contributed by atoms with Gasteiger partial charge in [-0.2, -0.15) is 0 Å². The Labute approximate surface area is 114 Å². The molecule has 0 saturated carbocycles. The summed E-state index contributed by atoms with van der Waals surface area (Å²) in [6.07, 6.45) is 0. The van der Waals surface area contributed by atoms with Gasteiger partial charge >= 0.3 is 0 Å². The lowest BCUT2D eigenvalue weighted by atomic mass is 10.1. The lowest BCUT2D eigenvalue weighted by Gasteiger charge is -2.23. The average Bonchev–Trinajstić information content (AvgIpc) is 2.73. The fourth-order valence-corrected chi connectivity index (χ4v) is 2.33. The van der Waals surface area contributed by atoms with E-state index in [1.165, 1.54) is 0 Å². The minimum atomic E-state index is 0.124. The van der Waals surface area contributed by atoms with Crippen molar-refractivity contribution in [3.05, 3.63) is 11.1 Å². The molecule has 1 aromatic rings. The second kappa shape index (κ2) is 6.50. The number of rotatable bonds is 6. The third kappa shape index (κ3) is 4.92. The third-order valence-electron chi connectivity index (χ3n) is 2.71. The van der Waals surface area contributed by atoms with Gasteiger partial charge in [-0.05, 0) is 27.7 Å². The van der Waals surface area contributed by atoms with Crippen LogP contribution in [0.2, 0.25) is 0 Å². The van der Waals surface area contributed by atoms with E-state index in [0.717, 1.165) is 17.4 Å². The number of hydrogen-bond donors (Lipinski definition) is 1. The smallest absolute Gasteiger partial charge is 0.185 e. The van der Waals surface area contributed by atoms with Gasteiger partial charge in [0.1, 0.15) is 0 Å². The molecule has 1 aromatic heterocycles. The van der Waals surface area contributed by atoms with Crippen LogP contribution in [0.15, 0.2) is 5.38 Å². The first-order chi connectivity index (χ1) is 8.33. The summed E-state index contributed by atoms with van der Waals surface area (Å²) in [6.45, 7) is 10.1. The molecule has 1 heterocycles. The monoisotopic (exact) mass is 271 g/mol. The summed E-state index contributed by atoms with van der Waals surface area (Å²) in [5.41, 5.74) is 1.22. The lowest BCUT2D eigenvalue weighted by molar-refractivity contribution is 0.183. The van der Waals surface area contributed by atoms with Crippen LogP contribution < -0.4 is 10.2 Å².